The molecule has 3 fully saturated rings. The number of nitrogens with zero attached hydrogens (tertiary/aromatic N) is 3. The highest BCUT2D eigenvalue weighted by atomic mass is 32.1. The Hall–Kier alpha value is -2.66. The van der Waals surface area contributed by atoms with E-state index in [-0.39, 0.29) is 54.7 Å². The van der Waals surface area contributed by atoms with E-state index in [9.17, 15) is 24.3 Å². The monoisotopic (exact) mass is 589 g/mol. The molecule has 4 rings (SSSR count). The Morgan fingerprint density at radius 1 is 1.00 bits per heavy atom. The Labute approximate surface area is 247 Å². The highest BCUT2D eigenvalue weighted by Crippen LogP contribution is 2.28. The van der Waals surface area contributed by atoms with E-state index in [1.165, 1.54) is 22.7 Å². The molecule has 1 saturated carbocycles. The molecule has 2 aliphatic heterocycles. The minimum Gasteiger partial charge on any atom is -0.465 e. The van der Waals surface area contributed by atoms with E-state index >= 15 is 0 Å². The Morgan fingerprint density at radius 2 is 1.71 bits per heavy atom. The first-order valence-corrected chi connectivity index (χ1v) is 16.0. The van der Waals surface area contributed by atoms with Gasteiger partial charge in [0.1, 0.15) is 6.04 Å². The molecule has 0 aromatic carbocycles. The number of carboxylic acid groups (broad SMARTS) is 1. The number of piperazine rings is 1. The number of rotatable bonds is 8. The van der Waals surface area contributed by atoms with Gasteiger partial charge >= 0.3 is 6.09 Å². The van der Waals surface area contributed by atoms with Gasteiger partial charge in [-0.1, -0.05) is 46.1 Å². The molecular formula is C30H47N5O5S. The Balaban J connectivity index is 1.49. The third-order valence-electron chi connectivity index (χ3n) is 8.59. The maximum Gasteiger partial charge on any atom is 0.407 e. The van der Waals surface area contributed by atoms with E-state index in [0.29, 0.717) is 26.1 Å². The van der Waals surface area contributed by atoms with Gasteiger partial charge in [0, 0.05) is 43.5 Å². The molecule has 3 heterocycles. The highest BCUT2D eigenvalue weighted by molar-refractivity contribution is 7.09. The normalized spacial score (nSPS) is 21.9. The molecule has 0 radical (unpaired) electrons. The third-order valence-corrected chi connectivity index (χ3v) is 9.46. The zero-order chi connectivity index (χ0) is 29.6. The fourth-order valence-electron chi connectivity index (χ4n) is 6.31. The quantitative estimate of drug-likeness (QED) is 0.427. The second kappa shape index (κ2) is 14.0. The lowest BCUT2D eigenvalue weighted by Gasteiger charge is -2.44. The predicted octanol–water partition coefficient (Wildman–Crippen LogP) is 3.52. The van der Waals surface area contributed by atoms with Crippen molar-refractivity contribution in [2.45, 2.75) is 96.8 Å². The van der Waals surface area contributed by atoms with Gasteiger partial charge < -0.3 is 30.4 Å². The van der Waals surface area contributed by atoms with Gasteiger partial charge in [-0.15, -0.1) is 11.3 Å². The number of likely N-dealkylation sites (tertiary alicyclic amines) is 1. The first-order chi connectivity index (χ1) is 19.5. The molecule has 228 valence electrons. The maximum absolute atomic E-state index is 14.3. The van der Waals surface area contributed by atoms with Crippen molar-refractivity contribution in [3.8, 4) is 0 Å². The summed E-state index contributed by atoms with van der Waals surface area (Å²) in [4.78, 5) is 58.2. The van der Waals surface area contributed by atoms with Crippen LogP contribution in [0, 0.1) is 11.3 Å². The van der Waals surface area contributed by atoms with Crippen LogP contribution in [-0.4, -0.2) is 94.5 Å². The van der Waals surface area contributed by atoms with E-state index in [1.807, 2.05) is 22.4 Å². The summed E-state index contributed by atoms with van der Waals surface area (Å²) in [6.45, 7) is 8.08. The zero-order valence-electron chi connectivity index (χ0n) is 24.8. The van der Waals surface area contributed by atoms with Crippen molar-refractivity contribution in [3.05, 3.63) is 22.4 Å². The van der Waals surface area contributed by atoms with Crippen LogP contribution in [0.5, 0.6) is 0 Å². The van der Waals surface area contributed by atoms with Gasteiger partial charge in [0.05, 0.1) is 19.1 Å². The predicted molar refractivity (Wildman–Crippen MR) is 158 cm³/mol. The Bertz CT molecular complexity index is 1040. The molecule has 1 aromatic heterocycles. The second-order valence-electron chi connectivity index (χ2n) is 13.0. The van der Waals surface area contributed by atoms with E-state index in [4.69, 9.17) is 0 Å². The third kappa shape index (κ3) is 8.67. The summed E-state index contributed by atoms with van der Waals surface area (Å²) in [5, 5.41) is 18.2. The molecule has 1 aliphatic carbocycles. The van der Waals surface area contributed by atoms with Crippen molar-refractivity contribution >= 4 is 35.2 Å². The van der Waals surface area contributed by atoms with Crippen LogP contribution in [-0.2, 0) is 20.9 Å². The van der Waals surface area contributed by atoms with E-state index in [1.54, 1.807) is 4.90 Å². The summed E-state index contributed by atoms with van der Waals surface area (Å²) in [6, 6.07) is 2.72. The minimum atomic E-state index is -1.09. The van der Waals surface area contributed by atoms with Crippen molar-refractivity contribution < 1.29 is 24.3 Å². The smallest absolute Gasteiger partial charge is 0.407 e. The van der Waals surface area contributed by atoms with Crippen LogP contribution in [0.25, 0.3) is 0 Å². The second-order valence-corrected chi connectivity index (χ2v) is 14.0. The molecule has 0 bridgehead atoms. The fraction of sp³-hybridized carbons (Fsp3) is 0.733. The van der Waals surface area contributed by atoms with Gasteiger partial charge in [0.25, 0.3) is 0 Å². The molecule has 0 unspecified atom stereocenters. The van der Waals surface area contributed by atoms with E-state index < -0.39 is 18.2 Å². The number of nitrogens with one attached hydrogen (secondary N) is 2. The lowest BCUT2D eigenvalue weighted by atomic mass is 9.85. The molecule has 0 spiro atoms. The highest BCUT2D eigenvalue weighted by Gasteiger charge is 2.43. The van der Waals surface area contributed by atoms with Crippen LogP contribution in [0.3, 0.4) is 0 Å². The number of hydrogen-bond acceptors (Lipinski definition) is 6. The van der Waals surface area contributed by atoms with Crippen LogP contribution in [0.4, 0.5) is 4.79 Å². The lowest BCUT2D eigenvalue weighted by Crippen LogP contribution is -2.65. The molecule has 1 aromatic rings. The zero-order valence-corrected chi connectivity index (χ0v) is 25.6. The van der Waals surface area contributed by atoms with Crippen molar-refractivity contribution in [2.24, 2.45) is 11.3 Å². The number of thiophene rings is 1. The van der Waals surface area contributed by atoms with Crippen LogP contribution in [0.1, 0.15) is 77.0 Å². The van der Waals surface area contributed by atoms with Crippen molar-refractivity contribution in [2.75, 3.05) is 32.7 Å². The molecule has 2 atom stereocenters. The van der Waals surface area contributed by atoms with E-state index in [0.717, 1.165) is 43.4 Å². The summed E-state index contributed by atoms with van der Waals surface area (Å²) in [5.41, 5.74) is -0.0772. The summed E-state index contributed by atoms with van der Waals surface area (Å²) in [6.07, 6.45) is 6.34. The molecule has 2 saturated heterocycles. The summed E-state index contributed by atoms with van der Waals surface area (Å²) in [5.74, 6) is -0.269. The number of carbonyl (C=O) groups is 4. The number of amides is 4. The van der Waals surface area contributed by atoms with Gasteiger partial charge in [-0.3, -0.25) is 14.4 Å². The number of piperidine rings is 1. The maximum atomic E-state index is 14.3. The minimum absolute atomic E-state index is 0.0375. The largest absolute Gasteiger partial charge is 0.465 e. The topological polar surface area (TPSA) is 122 Å². The number of hydrogen-bond donors (Lipinski definition) is 3. The average molecular weight is 590 g/mol. The van der Waals surface area contributed by atoms with Gasteiger partial charge in [-0.2, -0.15) is 0 Å². The van der Waals surface area contributed by atoms with Gasteiger partial charge in [0.2, 0.25) is 17.7 Å². The first kappa shape index (κ1) is 31.3. The van der Waals surface area contributed by atoms with Crippen molar-refractivity contribution in [1.82, 2.24) is 25.3 Å². The molecular weight excluding hydrogens is 542 g/mol. The van der Waals surface area contributed by atoms with Gasteiger partial charge in [0.15, 0.2) is 0 Å². The SMILES string of the molecule is CC(C)(C)CC(=O)N1CCC([C@@H](NC2CCCCC2)C(=O)N2CCN(C(=O)O)C[C@H]2C(=O)NCc2cccs2)CC1. The molecule has 41 heavy (non-hydrogen) atoms. The van der Waals surface area contributed by atoms with E-state index in [2.05, 4.69) is 31.4 Å². The fourth-order valence-corrected chi connectivity index (χ4v) is 6.95. The summed E-state index contributed by atoms with van der Waals surface area (Å²) < 4.78 is 0. The van der Waals surface area contributed by atoms with Crippen LogP contribution >= 0.6 is 11.3 Å². The van der Waals surface area contributed by atoms with Gasteiger partial charge in [-0.25, -0.2) is 4.79 Å². The van der Waals surface area contributed by atoms with Crippen molar-refractivity contribution in [1.29, 1.82) is 0 Å². The molecule has 4 amide bonds. The standard InChI is InChI=1S/C30H47N5O5S/c1-30(2,3)18-25(36)33-13-11-21(12-14-33)26(32-22-8-5-4-6-9-22)28(38)35-16-15-34(29(39)40)20-24(35)27(37)31-19-23-10-7-17-41-23/h7,10,17,21-22,24,26,32H,4-6,8-9,11-16,18-20H2,1-3H3,(H,31,37)(H,39,40)/t24-,26+/m0/s1. The summed E-state index contributed by atoms with van der Waals surface area (Å²) in [7, 11) is 0. The lowest BCUT2D eigenvalue weighted by molar-refractivity contribution is -0.147. The number of carbonyl (C=O) groups excluding carboxylic acids is 3. The molecule has 11 heteroatoms. The van der Waals surface area contributed by atoms with Crippen LogP contribution < -0.4 is 10.6 Å². The molecule has 3 N–H and O–H groups in total. The Kier molecular flexibility index (Phi) is 10.7. The average Bonchev–Trinajstić information content (AvgIpc) is 3.47. The summed E-state index contributed by atoms with van der Waals surface area (Å²) >= 11 is 1.53. The Morgan fingerprint density at radius 3 is 2.32 bits per heavy atom. The van der Waals surface area contributed by atoms with Crippen LogP contribution in [0.15, 0.2) is 17.5 Å². The van der Waals surface area contributed by atoms with Crippen LogP contribution in [0.2, 0.25) is 0 Å². The molecule has 3 aliphatic rings. The molecule has 10 nitrogen and oxygen atoms in total. The van der Waals surface area contributed by atoms with Gasteiger partial charge in [-0.05, 0) is 48.5 Å². The van der Waals surface area contributed by atoms with Crippen molar-refractivity contribution in [3.63, 3.8) is 0 Å². The first-order valence-electron chi connectivity index (χ1n) is 15.1.